The summed E-state index contributed by atoms with van der Waals surface area (Å²) < 4.78 is 5.70. The van der Waals surface area contributed by atoms with Crippen molar-refractivity contribution >= 4 is 28.2 Å². The van der Waals surface area contributed by atoms with Crippen molar-refractivity contribution in [2.24, 2.45) is 0 Å². The van der Waals surface area contributed by atoms with Gasteiger partial charge in [0.2, 0.25) is 0 Å². The molecule has 3 rings (SSSR count). The van der Waals surface area contributed by atoms with E-state index in [-0.39, 0.29) is 6.61 Å². The van der Waals surface area contributed by atoms with Crippen LogP contribution in [-0.4, -0.2) is 47.6 Å². The van der Waals surface area contributed by atoms with Crippen LogP contribution in [0.5, 0.6) is 5.75 Å². The second-order valence-electron chi connectivity index (χ2n) is 5.66. The van der Waals surface area contributed by atoms with Crippen molar-refractivity contribution < 1.29 is 9.84 Å². The van der Waals surface area contributed by atoms with Crippen LogP contribution in [0.4, 0.5) is 5.69 Å². The molecule has 0 aliphatic rings. The number of aromatic amines is 1. The average Bonchev–Trinajstić information content (AvgIpc) is 3.10. The molecule has 0 bridgehead atoms. The van der Waals surface area contributed by atoms with Crippen LogP contribution < -0.4 is 15.4 Å². The van der Waals surface area contributed by atoms with E-state index in [4.69, 9.17) is 16.3 Å². The lowest BCUT2D eigenvalue weighted by atomic mass is 10.2. The number of aliphatic hydroxyl groups is 1. The third-order valence-corrected chi connectivity index (χ3v) is 4.08. The summed E-state index contributed by atoms with van der Waals surface area (Å²) in [5.41, 5.74) is 1.82. The third kappa shape index (κ3) is 4.85. The van der Waals surface area contributed by atoms with Gasteiger partial charge in [-0.15, -0.1) is 0 Å². The van der Waals surface area contributed by atoms with E-state index in [1.54, 1.807) is 6.20 Å². The summed E-state index contributed by atoms with van der Waals surface area (Å²) in [7, 11) is 0. The first-order valence-corrected chi connectivity index (χ1v) is 8.54. The number of para-hydroxylation sites is 1. The summed E-state index contributed by atoms with van der Waals surface area (Å²) in [6.45, 7) is 2.09. The molecule has 4 N–H and O–H groups in total. The first-order chi connectivity index (χ1) is 12.2. The van der Waals surface area contributed by atoms with Gasteiger partial charge in [0.05, 0.1) is 27.8 Å². The quantitative estimate of drug-likeness (QED) is 0.441. The molecule has 0 aliphatic heterocycles. The van der Waals surface area contributed by atoms with Crippen LogP contribution in [0.3, 0.4) is 0 Å². The van der Waals surface area contributed by atoms with Crippen LogP contribution >= 0.6 is 11.6 Å². The van der Waals surface area contributed by atoms with Gasteiger partial charge < -0.3 is 20.5 Å². The highest BCUT2D eigenvalue weighted by atomic mass is 35.5. The van der Waals surface area contributed by atoms with Crippen molar-refractivity contribution in [3.05, 3.63) is 53.7 Å². The number of aliphatic hydroxyl groups excluding tert-OH is 1. The Labute approximate surface area is 151 Å². The van der Waals surface area contributed by atoms with Crippen molar-refractivity contribution in [1.82, 2.24) is 15.5 Å². The highest BCUT2D eigenvalue weighted by Gasteiger charge is 2.08. The fraction of sp³-hybridized carbons (Fsp3) is 0.278. The summed E-state index contributed by atoms with van der Waals surface area (Å²) >= 11 is 6.07. The Morgan fingerprint density at radius 1 is 1.16 bits per heavy atom. The lowest BCUT2D eigenvalue weighted by molar-refractivity contribution is 0.107. The molecule has 132 valence electrons. The van der Waals surface area contributed by atoms with Crippen molar-refractivity contribution in [2.75, 3.05) is 31.6 Å². The fourth-order valence-corrected chi connectivity index (χ4v) is 2.67. The molecule has 0 amide bonds. The number of nitrogens with one attached hydrogen (secondary N) is 3. The summed E-state index contributed by atoms with van der Waals surface area (Å²) in [5, 5.41) is 25.0. The highest BCUT2D eigenvalue weighted by Crippen LogP contribution is 2.23. The molecule has 1 atom stereocenters. The largest absolute Gasteiger partial charge is 0.490 e. The monoisotopic (exact) mass is 360 g/mol. The fourth-order valence-electron chi connectivity index (χ4n) is 2.47. The zero-order valence-corrected chi connectivity index (χ0v) is 14.5. The zero-order chi connectivity index (χ0) is 17.5. The predicted molar refractivity (Wildman–Crippen MR) is 100 cm³/mol. The molecule has 0 fully saturated rings. The Balaban J connectivity index is 1.35. The van der Waals surface area contributed by atoms with Crippen LogP contribution in [0, 0.1) is 0 Å². The summed E-state index contributed by atoms with van der Waals surface area (Å²) in [5.74, 6) is 0.714. The molecule has 1 heterocycles. The number of aromatic nitrogens is 2. The van der Waals surface area contributed by atoms with E-state index < -0.39 is 6.10 Å². The molecule has 0 radical (unpaired) electrons. The second-order valence-corrected chi connectivity index (χ2v) is 6.07. The Bertz CT molecular complexity index is 808. The molecule has 7 heteroatoms. The number of H-pyrrole nitrogens is 1. The molecule has 2 aromatic carbocycles. The van der Waals surface area contributed by atoms with Gasteiger partial charge in [0.15, 0.2) is 0 Å². The van der Waals surface area contributed by atoms with E-state index in [0.29, 0.717) is 30.4 Å². The number of ether oxygens (including phenoxy) is 1. The van der Waals surface area contributed by atoms with Crippen molar-refractivity contribution in [3.63, 3.8) is 0 Å². The molecule has 25 heavy (non-hydrogen) atoms. The Morgan fingerprint density at radius 3 is 2.92 bits per heavy atom. The summed E-state index contributed by atoms with van der Waals surface area (Å²) in [4.78, 5) is 0. The molecule has 0 spiro atoms. The molecular formula is C18H21ClN4O2. The maximum absolute atomic E-state index is 10.0. The van der Waals surface area contributed by atoms with Gasteiger partial charge in [0, 0.05) is 19.6 Å². The Kier molecular flexibility index (Phi) is 6.11. The van der Waals surface area contributed by atoms with E-state index in [9.17, 15) is 5.11 Å². The van der Waals surface area contributed by atoms with Gasteiger partial charge in [-0.3, -0.25) is 5.10 Å². The second kappa shape index (κ2) is 8.71. The van der Waals surface area contributed by atoms with Gasteiger partial charge in [-0.25, -0.2) is 0 Å². The Morgan fingerprint density at radius 2 is 2.04 bits per heavy atom. The van der Waals surface area contributed by atoms with E-state index in [1.807, 2.05) is 42.5 Å². The SMILES string of the molecule is OC(CNCCNc1ccccc1Cl)COc1cccc2[nH]ncc12. The number of rotatable bonds is 9. The van der Waals surface area contributed by atoms with Gasteiger partial charge in [-0.05, 0) is 24.3 Å². The van der Waals surface area contributed by atoms with Crippen molar-refractivity contribution in [2.45, 2.75) is 6.10 Å². The first kappa shape index (κ1) is 17.5. The first-order valence-electron chi connectivity index (χ1n) is 8.16. The van der Waals surface area contributed by atoms with Crippen LogP contribution in [0.2, 0.25) is 5.02 Å². The molecule has 3 aromatic rings. The minimum absolute atomic E-state index is 0.217. The standard InChI is InChI=1S/C18H21ClN4O2/c19-15-4-1-2-5-17(15)21-9-8-20-10-13(24)12-25-18-7-3-6-16-14(18)11-22-23-16/h1-7,11,13,20-21,24H,8-10,12H2,(H,22,23). The molecule has 0 saturated carbocycles. The normalized spacial score (nSPS) is 12.2. The number of fused-ring (bicyclic) bond motifs is 1. The molecule has 6 nitrogen and oxygen atoms in total. The van der Waals surface area contributed by atoms with Crippen molar-refractivity contribution in [1.29, 1.82) is 0 Å². The summed E-state index contributed by atoms with van der Waals surface area (Å²) in [6, 6.07) is 13.3. The smallest absolute Gasteiger partial charge is 0.130 e. The van der Waals surface area contributed by atoms with Gasteiger partial charge in [-0.2, -0.15) is 5.10 Å². The van der Waals surface area contributed by atoms with Crippen LogP contribution in [0.25, 0.3) is 10.9 Å². The molecular weight excluding hydrogens is 340 g/mol. The van der Waals surface area contributed by atoms with E-state index >= 15 is 0 Å². The third-order valence-electron chi connectivity index (χ3n) is 3.75. The maximum atomic E-state index is 10.0. The average molecular weight is 361 g/mol. The van der Waals surface area contributed by atoms with E-state index in [0.717, 1.165) is 16.6 Å². The Hall–Kier alpha value is -2.28. The van der Waals surface area contributed by atoms with E-state index in [2.05, 4.69) is 20.8 Å². The summed E-state index contributed by atoms with van der Waals surface area (Å²) in [6.07, 6.45) is 1.12. The molecule has 0 aliphatic carbocycles. The highest BCUT2D eigenvalue weighted by molar-refractivity contribution is 6.33. The molecule has 1 unspecified atom stereocenters. The van der Waals surface area contributed by atoms with E-state index in [1.165, 1.54) is 0 Å². The lowest BCUT2D eigenvalue weighted by Gasteiger charge is -2.14. The van der Waals surface area contributed by atoms with Gasteiger partial charge in [-0.1, -0.05) is 29.8 Å². The molecule has 1 aromatic heterocycles. The van der Waals surface area contributed by atoms with Gasteiger partial charge in [0.25, 0.3) is 0 Å². The van der Waals surface area contributed by atoms with Crippen molar-refractivity contribution in [3.8, 4) is 5.75 Å². The topological polar surface area (TPSA) is 82.2 Å². The zero-order valence-electron chi connectivity index (χ0n) is 13.7. The number of nitrogens with zero attached hydrogens (tertiary/aromatic N) is 1. The van der Waals surface area contributed by atoms with Gasteiger partial charge in [0.1, 0.15) is 18.5 Å². The number of anilines is 1. The minimum Gasteiger partial charge on any atom is -0.490 e. The van der Waals surface area contributed by atoms with Gasteiger partial charge >= 0.3 is 0 Å². The predicted octanol–water partition coefficient (Wildman–Crippen LogP) is 2.66. The number of halogens is 1. The molecule has 0 saturated heterocycles. The lowest BCUT2D eigenvalue weighted by Crippen LogP contribution is -2.34. The van der Waals surface area contributed by atoms with Crippen LogP contribution in [0.1, 0.15) is 0 Å². The number of benzene rings is 2. The van der Waals surface area contributed by atoms with Crippen LogP contribution in [-0.2, 0) is 0 Å². The van der Waals surface area contributed by atoms with Crippen LogP contribution in [0.15, 0.2) is 48.7 Å². The minimum atomic E-state index is -0.595. The maximum Gasteiger partial charge on any atom is 0.130 e. The number of hydrogen-bond acceptors (Lipinski definition) is 5. The number of hydrogen-bond donors (Lipinski definition) is 4.